The van der Waals surface area contributed by atoms with Crippen molar-refractivity contribution in [3.8, 4) is 0 Å². The third-order valence-corrected chi connectivity index (χ3v) is 7.80. The van der Waals surface area contributed by atoms with E-state index in [2.05, 4.69) is 36.4 Å². The fourth-order valence-corrected chi connectivity index (χ4v) is 6.66. The van der Waals surface area contributed by atoms with E-state index < -0.39 is 0 Å². The van der Waals surface area contributed by atoms with Gasteiger partial charge in [0.1, 0.15) is 0 Å². The second-order valence-corrected chi connectivity index (χ2v) is 9.09. The highest BCUT2D eigenvalue weighted by molar-refractivity contribution is 6.04. The van der Waals surface area contributed by atoms with Crippen molar-refractivity contribution in [3.63, 3.8) is 0 Å². The highest BCUT2D eigenvalue weighted by atomic mass is 16.1. The lowest BCUT2D eigenvalue weighted by Gasteiger charge is -2.51. The minimum absolute atomic E-state index is 0.169. The largest absolute Gasteiger partial charge is 0.294 e. The van der Waals surface area contributed by atoms with Gasteiger partial charge in [-0.1, -0.05) is 78.9 Å². The molecule has 0 bridgehead atoms. The molecule has 0 aliphatic heterocycles. The lowest BCUT2D eigenvalue weighted by atomic mass is 9.51. The molecule has 0 heterocycles. The van der Waals surface area contributed by atoms with Crippen LogP contribution in [0.3, 0.4) is 0 Å². The molecular weight excluding hydrogens is 368 g/mol. The van der Waals surface area contributed by atoms with Crippen LogP contribution in [-0.4, -0.2) is 11.6 Å². The minimum atomic E-state index is -0.169. The van der Waals surface area contributed by atoms with Crippen molar-refractivity contribution in [2.75, 3.05) is 0 Å². The van der Waals surface area contributed by atoms with Gasteiger partial charge < -0.3 is 0 Å². The molecule has 3 aliphatic rings. The summed E-state index contributed by atoms with van der Waals surface area (Å²) in [5, 5.41) is 0. The predicted molar refractivity (Wildman–Crippen MR) is 117 cm³/mol. The molecule has 1 saturated carbocycles. The Hall–Kier alpha value is -3.00. The lowest BCUT2D eigenvalue weighted by Crippen LogP contribution is -2.45. The Morgan fingerprint density at radius 2 is 1.23 bits per heavy atom. The third kappa shape index (κ3) is 2.49. The van der Waals surface area contributed by atoms with Crippen LogP contribution in [0.15, 0.2) is 78.9 Å². The van der Waals surface area contributed by atoms with E-state index in [1.807, 2.05) is 42.5 Å². The topological polar surface area (TPSA) is 34.1 Å². The van der Waals surface area contributed by atoms with E-state index >= 15 is 0 Å². The maximum atomic E-state index is 13.8. The zero-order chi connectivity index (χ0) is 20.2. The number of carbonyl (C=O) groups is 2. The first kappa shape index (κ1) is 17.8. The molecule has 3 aromatic carbocycles. The van der Waals surface area contributed by atoms with Crippen LogP contribution in [0.5, 0.6) is 0 Å². The molecule has 2 heteroatoms. The van der Waals surface area contributed by atoms with E-state index in [1.54, 1.807) is 0 Å². The fraction of sp³-hybridized carbons (Fsp3) is 0.286. The minimum Gasteiger partial charge on any atom is -0.294 e. The molecule has 5 atom stereocenters. The Bertz CT molecular complexity index is 1150. The summed E-state index contributed by atoms with van der Waals surface area (Å²) in [4.78, 5) is 26.9. The molecule has 0 aromatic heterocycles. The molecule has 1 fully saturated rings. The third-order valence-electron chi connectivity index (χ3n) is 7.80. The van der Waals surface area contributed by atoms with E-state index in [-0.39, 0.29) is 29.3 Å². The summed E-state index contributed by atoms with van der Waals surface area (Å²) in [7, 11) is 0. The molecule has 0 amide bonds. The predicted octanol–water partition coefficient (Wildman–Crippen LogP) is 6.15. The van der Waals surface area contributed by atoms with Gasteiger partial charge in [-0.25, -0.2) is 0 Å². The van der Waals surface area contributed by atoms with Gasteiger partial charge in [0.2, 0.25) is 0 Å². The molecule has 2 nitrogen and oxygen atoms in total. The maximum Gasteiger partial charge on any atom is 0.170 e. The average molecular weight is 392 g/mol. The number of ketones is 2. The van der Waals surface area contributed by atoms with Crippen molar-refractivity contribution in [2.45, 2.75) is 37.0 Å². The molecule has 30 heavy (non-hydrogen) atoms. The van der Waals surface area contributed by atoms with E-state index in [0.29, 0.717) is 18.3 Å². The van der Waals surface area contributed by atoms with E-state index in [4.69, 9.17) is 0 Å². The van der Waals surface area contributed by atoms with Crippen LogP contribution in [0.1, 0.15) is 74.4 Å². The van der Waals surface area contributed by atoms with Crippen LogP contribution in [0, 0.1) is 11.8 Å². The Balaban J connectivity index is 1.54. The first-order valence-electron chi connectivity index (χ1n) is 11.0. The second-order valence-electron chi connectivity index (χ2n) is 9.09. The van der Waals surface area contributed by atoms with Gasteiger partial charge in [-0.15, -0.1) is 0 Å². The Morgan fingerprint density at radius 3 is 2.00 bits per heavy atom. The van der Waals surface area contributed by atoms with Crippen LogP contribution in [-0.2, 0) is 0 Å². The van der Waals surface area contributed by atoms with Gasteiger partial charge in [0.05, 0.1) is 5.92 Å². The number of Topliss-reactive ketones (excluding diaryl/α,β-unsaturated/α-hetero) is 2. The van der Waals surface area contributed by atoms with Crippen molar-refractivity contribution >= 4 is 11.6 Å². The number of carbonyl (C=O) groups excluding carboxylic acids is 2. The van der Waals surface area contributed by atoms with Gasteiger partial charge in [0, 0.05) is 17.5 Å². The summed E-state index contributed by atoms with van der Waals surface area (Å²) in [5.41, 5.74) is 5.28. The average Bonchev–Trinajstić information content (AvgIpc) is 2.80. The standard InChI is InChI=1S/C28H24O2/c29-25-16-24-20(18-10-4-6-12-21(18)25)14-15-22-19-11-5-7-13-23(19)28(30)26(27(22)24)17-8-2-1-3-9-17/h1-13,20,22,24,26-27H,14-16H2/t20-,22-,24-,26-,27-/m0/s1. The van der Waals surface area contributed by atoms with E-state index in [9.17, 15) is 9.59 Å². The first-order valence-corrected chi connectivity index (χ1v) is 11.0. The molecule has 0 unspecified atom stereocenters. The van der Waals surface area contributed by atoms with E-state index in [0.717, 1.165) is 29.5 Å². The normalized spacial score (nSPS) is 29.4. The van der Waals surface area contributed by atoms with Crippen molar-refractivity contribution < 1.29 is 9.59 Å². The van der Waals surface area contributed by atoms with Gasteiger partial charge in [-0.05, 0) is 53.2 Å². The second kappa shape index (κ2) is 6.77. The Labute approximate surface area is 177 Å². The smallest absolute Gasteiger partial charge is 0.170 e. The Morgan fingerprint density at radius 1 is 0.633 bits per heavy atom. The summed E-state index contributed by atoms with van der Waals surface area (Å²) in [6.45, 7) is 0. The van der Waals surface area contributed by atoms with Crippen molar-refractivity contribution in [3.05, 3.63) is 107 Å². The van der Waals surface area contributed by atoms with Gasteiger partial charge in [0.15, 0.2) is 11.6 Å². The summed E-state index contributed by atoms with van der Waals surface area (Å²) in [6, 6.07) is 26.6. The van der Waals surface area contributed by atoms with E-state index in [1.165, 1.54) is 11.1 Å². The molecule has 3 aromatic rings. The molecule has 0 radical (unpaired) electrons. The zero-order valence-electron chi connectivity index (χ0n) is 16.8. The van der Waals surface area contributed by atoms with Crippen LogP contribution in [0.4, 0.5) is 0 Å². The van der Waals surface area contributed by atoms with Gasteiger partial charge in [-0.3, -0.25) is 9.59 Å². The monoisotopic (exact) mass is 392 g/mol. The highest BCUT2D eigenvalue weighted by Gasteiger charge is 2.52. The fourth-order valence-electron chi connectivity index (χ4n) is 6.66. The molecule has 0 N–H and O–H groups in total. The maximum absolute atomic E-state index is 13.8. The van der Waals surface area contributed by atoms with Gasteiger partial charge in [-0.2, -0.15) is 0 Å². The highest BCUT2D eigenvalue weighted by Crippen LogP contribution is 2.59. The lowest BCUT2D eigenvalue weighted by molar-refractivity contribution is 0.0668. The summed E-state index contributed by atoms with van der Waals surface area (Å²) < 4.78 is 0. The van der Waals surface area contributed by atoms with Crippen molar-refractivity contribution in [1.29, 1.82) is 0 Å². The number of fused-ring (bicyclic) bond motifs is 7. The van der Waals surface area contributed by atoms with Crippen LogP contribution in [0.25, 0.3) is 0 Å². The van der Waals surface area contributed by atoms with Crippen LogP contribution in [0.2, 0.25) is 0 Å². The molecule has 0 spiro atoms. The quantitative estimate of drug-likeness (QED) is 0.498. The number of hydrogen-bond acceptors (Lipinski definition) is 2. The van der Waals surface area contributed by atoms with Crippen LogP contribution >= 0.6 is 0 Å². The molecule has 148 valence electrons. The number of rotatable bonds is 1. The molecule has 0 saturated heterocycles. The SMILES string of the molecule is O=C1C[C@@H]2[C@@H]3[C@@H](CC[C@H]2c2ccccc21)c1ccccc1C(=O)[C@H]3c1ccccc1. The van der Waals surface area contributed by atoms with Crippen molar-refractivity contribution in [1.82, 2.24) is 0 Å². The first-order chi connectivity index (χ1) is 14.7. The number of hydrogen-bond donors (Lipinski definition) is 0. The Kier molecular flexibility index (Phi) is 4.02. The summed E-state index contributed by atoms with van der Waals surface area (Å²) in [6.07, 6.45) is 2.71. The number of benzene rings is 3. The molecule has 3 aliphatic carbocycles. The summed E-state index contributed by atoms with van der Waals surface area (Å²) in [5.74, 6) is 1.39. The zero-order valence-corrected chi connectivity index (χ0v) is 16.8. The van der Waals surface area contributed by atoms with Crippen molar-refractivity contribution in [2.24, 2.45) is 11.8 Å². The van der Waals surface area contributed by atoms with Gasteiger partial charge in [0.25, 0.3) is 0 Å². The molecule has 6 rings (SSSR count). The molecular formula is C28H24O2. The van der Waals surface area contributed by atoms with Crippen LogP contribution < -0.4 is 0 Å². The van der Waals surface area contributed by atoms with Gasteiger partial charge >= 0.3 is 0 Å². The summed E-state index contributed by atoms with van der Waals surface area (Å²) >= 11 is 0.